The lowest BCUT2D eigenvalue weighted by Gasteiger charge is -2.26. The highest BCUT2D eigenvalue weighted by molar-refractivity contribution is 7.91. The largest absolute Gasteiger partial charge is 0.312 e. The molecule has 1 N–H and O–H groups in total. The van der Waals surface area contributed by atoms with Crippen LogP contribution in [-0.2, 0) is 22.9 Å². The van der Waals surface area contributed by atoms with Crippen LogP contribution in [0.1, 0.15) is 25.1 Å². The van der Waals surface area contributed by atoms with Crippen molar-refractivity contribution < 1.29 is 8.42 Å². The van der Waals surface area contributed by atoms with Gasteiger partial charge >= 0.3 is 0 Å². The van der Waals surface area contributed by atoms with Gasteiger partial charge in [-0.05, 0) is 24.1 Å². The van der Waals surface area contributed by atoms with Crippen molar-refractivity contribution in [1.82, 2.24) is 15.2 Å². The lowest BCUT2D eigenvalue weighted by Crippen LogP contribution is -2.39. The number of sulfone groups is 1. The zero-order chi connectivity index (χ0) is 15.3. The van der Waals surface area contributed by atoms with E-state index in [4.69, 9.17) is 0 Å². The molecule has 5 nitrogen and oxygen atoms in total. The summed E-state index contributed by atoms with van der Waals surface area (Å²) in [6.07, 6.45) is 1.91. The second kappa shape index (κ2) is 7.33. The molecule has 0 bridgehead atoms. The highest BCUT2D eigenvalue weighted by Crippen LogP contribution is 2.09. The first-order valence-corrected chi connectivity index (χ1v) is 9.34. The van der Waals surface area contributed by atoms with Crippen LogP contribution in [0.2, 0.25) is 0 Å². The summed E-state index contributed by atoms with van der Waals surface area (Å²) in [5.41, 5.74) is 2.18. The predicted octanol–water partition coefficient (Wildman–Crippen LogP) is 1.06. The molecule has 1 fully saturated rings. The first-order chi connectivity index (χ1) is 9.94. The standard InChI is InChI=1S/C15H25N3O2S/c1-13(2)9-16-10-14-3-4-15(17-11-14)12-18-5-7-21(19,20)8-6-18/h3-4,11,13,16H,5-10,12H2,1-2H3. The maximum absolute atomic E-state index is 11.4. The summed E-state index contributed by atoms with van der Waals surface area (Å²) in [6.45, 7) is 8.18. The quantitative estimate of drug-likeness (QED) is 0.851. The SMILES string of the molecule is CC(C)CNCc1ccc(CN2CCS(=O)(=O)CC2)nc1. The molecule has 6 heteroatoms. The molecule has 1 aromatic rings. The van der Waals surface area contributed by atoms with Crippen LogP contribution in [0.15, 0.2) is 18.3 Å². The van der Waals surface area contributed by atoms with Crippen molar-refractivity contribution in [3.8, 4) is 0 Å². The monoisotopic (exact) mass is 311 g/mol. The summed E-state index contributed by atoms with van der Waals surface area (Å²) in [5.74, 6) is 1.18. The minimum Gasteiger partial charge on any atom is -0.312 e. The number of nitrogens with zero attached hydrogens (tertiary/aromatic N) is 2. The van der Waals surface area contributed by atoms with E-state index in [9.17, 15) is 8.42 Å². The van der Waals surface area contributed by atoms with Crippen molar-refractivity contribution in [3.05, 3.63) is 29.6 Å². The summed E-state index contributed by atoms with van der Waals surface area (Å²) < 4.78 is 22.8. The predicted molar refractivity (Wildman–Crippen MR) is 84.7 cm³/mol. The molecule has 0 aromatic carbocycles. The number of hydrogen-bond acceptors (Lipinski definition) is 5. The van der Waals surface area contributed by atoms with Crippen LogP contribution >= 0.6 is 0 Å². The van der Waals surface area contributed by atoms with Gasteiger partial charge in [-0.3, -0.25) is 9.88 Å². The van der Waals surface area contributed by atoms with Gasteiger partial charge in [-0.25, -0.2) is 8.42 Å². The molecule has 118 valence electrons. The third-order valence-electron chi connectivity index (χ3n) is 3.59. The van der Waals surface area contributed by atoms with Crippen LogP contribution in [0.3, 0.4) is 0 Å². The molecule has 0 unspecified atom stereocenters. The molecular formula is C15H25N3O2S. The van der Waals surface area contributed by atoms with Gasteiger partial charge in [0.15, 0.2) is 9.84 Å². The second-order valence-corrected chi connectivity index (χ2v) is 8.41. The molecule has 2 heterocycles. The zero-order valence-corrected chi connectivity index (χ0v) is 13.7. The third kappa shape index (κ3) is 5.73. The summed E-state index contributed by atoms with van der Waals surface area (Å²) in [6, 6.07) is 4.13. The smallest absolute Gasteiger partial charge is 0.152 e. The fourth-order valence-electron chi connectivity index (χ4n) is 2.30. The molecule has 0 radical (unpaired) electrons. The lowest BCUT2D eigenvalue weighted by molar-refractivity contribution is 0.284. The highest BCUT2D eigenvalue weighted by Gasteiger charge is 2.21. The summed E-state index contributed by atoms with van der Waals surface area (Å²) >= 11 is 0. The highest BCUT2D eigenvalue weighted by atomic mass is 32.2. The van der Waals surface area contributed by atoms with E-state index in [1.165, 1.54) is 5.56 Å². The summed E-state index contributed by atoms with van der Waals surface area (Å²) in [7, 11) is -2.80. The number of pyridine rings is 1. The van der Waals surface area contributed by atoms with E-state index in [1.54, 1.807) is 0 Å². The van der Waals surface area contributed by atoms with Crippen LogP contribution in [0, 0.1) is 5.92 Å². The Bertz CT molecular complexity index is 527. The van der Waals surface area contributed by atoms with Crippen molar-refractivity contribution in [2.75, 3.05) is 31.1 Å². The van der Waals surface area contributed by atoms with Crippen LogP contribution in [0.25, 0.3) is 0 Å². The van der Waals surface area contributed by atoms with Crippen molar-refractivity contribution in [2.45, 2.75) is 26.9 Å². The maximum atomic E-state index is 11.4. The van der Waals surface area contributed by atoms with Gasteiger partial charge < -0.3 is 5.32 Å². The number of nitrogens with one attached hydrogen (secondary N) is 1. The topological polar surface area (TPSA) is 62.3 Å². The van der Waals surface area contributed by atoms with Gasteiger partial charge in [0.05, 0.1) is 17.2 Å². The molecule has 1 aromatic heterocycles. The molecule has 0 saturated carbocycles. The molecule has 0 spiro atoms. The second-order valence-electron chi connectivity index (χ2n) is 6.11. The van der Waals surface area contributed by atoms with Gasteiger partial charge in [0.2, 0.25) is 0 Å². The Labute approximate surface area is 127 Å². The van der Waals surface area contributed by atoms with Crippen LogP contribution in [-0.4, -0.2) is 49.4 Å². The van der Waals surface area contributed by atoms with Crippen molar-refractivity contribution in [3.63, 3.8) is 0 Å². The Morgan fingerprint density at radius 2 is 2.00 bits per heavy atom. The van der Waals surface area contributed by atoms with Crippen LogP contribution in [0.4, 0.5) is 0 Å². The van der Waals surface area contributed by atoms with Gasteiger partial charge in [-0.2, -0.15) is 0 Å². The molecule has 0 amide bonds. The Morgan fingerprint density at radius 1 is 1.29 bits per heavy atom. The fraction of sp³-hybridized carbons (Fsp3) is 0.667. The van der Waals surface area contributed by atoms with E-state index < -0.39 is 9.84 Å². The molecule has 1 aliphatic heterocycles. The Hall–Kier alpha value is -0.980. The minimum atomic E-state index is -2.80. The minimum absolute atomic E-state index is 0.268. The first kappa shape index (κ1) is 16.4. The van der Waals surface area contributed by atoms with Gasteiger partial charge in [0.25, 0.3) is 0 Å². The number of aromatic nitrogens is 1. The normalized spacial score (nSPS) is 19.0. The molecule has 1 saturated heterocycles. The lowest BCUT2D eigenvalue weighted by atomic mass is 10.2. The van der Waals surface area contributed by atoms with E-state index in [0.29, 0.717) is 19.0 Å². The first-order valence-electron chi connectivity index (χ1n) is 7.52. The van der Waals surface area contributed by atoms with E-state index in [-0.39, 0.29) is 11.5 Å². The fourth-order valence-corrected chi connectivity index (χ4v) is 3.57. The molecule has 0 atom stereocenters. The van der Waals surface area contributed by atoms with Crippen molar-refractivity contribution in [2.24, 2.45) is 5.92 Å². The molecule has 1 aliphatic rings. The maximum Gasteiger partial charge on any atom is 0.152 e. The Morgan fingerprint density at radius 3 is 2.57 bits per heavy atom. The van der Waals surface area contributed by atoms with Gasteiger partial charge in [0, 0.05) is 32.4 Å². The average molecular weight is 311 g/mol. The van der Waals surface area contributed by atoms with Crippen molar-refractivity contribution >= 4 is 9.84 Å². The van der Waals surface area contributed by atoms with Gasteiger partial charge in [-0.15, -0.1) is 0 Å². The summed E-state index contributed by atoms with van der Waals surface area (Å²) in [4.78, 5) is 6.63. The average Bonchev–Trinajstić information content (AvgIpc) is 2.43. The number of hydrogen-bond donors (Lipinski definition) is 1. The Balaban J connectivity index is 1.80. The van der Waals surface area contributed by atoms with E-state index in [2.05, 4.69) is 35.1 Å². The number of rotatable bonds is 6. The van der Waals surface area contributed by atoms with Gasteiger partial charge in [-0.1, -0.05) is 19.9 Å². The van der Waals surface area contributed by atoms with E-state index >= 15 is 0 Å². The molecule has 21 heavy (non-hydrogen) atoms. The zero-order valence-electron chi connectivity index (χ0n) is 12.9. The van der Waals surface area contributed by atoms with Crippen LogP contribution in [0.5, 0.6) is 0 Å². The summed E-state index contributed by atoms with van der Waals surface area (Å²) in [5, 5.41) is 3.39. The third-order valence-corrected chi connectivity index (χ3v) is 5.20. The van der Waals surface area contributed by atoms with E-state index in [0.717, 1.165) is 25.3 Å². The Kier molecular flexibility index (Phi) is 5.72. The van der Waals surface area contributed by atoms with Crippen LogP contribution < -0.4 is 5.32 Å². The molecule has 2 rings (SSSR count). The van der Waals surface area contributed by atoms with Gasteiger partial charge in [0.1, 0.15) is 0 Å². The van der Waals surface area contributed by atoms with E-state index in [1.807, 2.05) is 12.3 Å². The van der Waals surface area contributed by atoms with Crippen molar-refractivity contribution in [1.29, 1.82) is 0 Å². The molecule has 0 aliphatic carbocycles. The molecular weight excluding hydrogens is 286 g/mol.